The van der Waals surface area contributed by atoms with E-state index in [2.05, 4.69) is 74.6 Å². The van der Waals surface area contributed by atoms with E-state index in [1.165, 1.54) is 5.56 Å². The Morgan fingerprint density at radius 1 is 1.05 bits per heavy atom. The molecule has 6 heteroatoms. The van der Waals surface area contributed by atoms with Gasteiger partial charge in [0.1, 0.15) is 0 Å². The molecule has 0 aliphatic heterocycles. The summed E-state index contributed by atoms with van der Waals surface area (Å²) in [5, 5.41) is 0. The first-order valence-electron chi connectivity index (χ1n) is 7.37. The lowest BCUT2D eigenvalue weighted by Gasteiger charge is -2.35. The highest BCUT2D eigenvalue weighted by Crippen LogP contribution is 2.14. The molecule has 0 spiro atoms. The summed E-state index contributed by atoms with van der Waals surface area (Å²) in [6.45, 7) is 14.1. The van der Waals surface area contributed by atoms with Crippen LogP contribution in [0.25, 0.3) is 0 Å². The maximum Gasteiger partial charge on any atom is 0.311 e. The van der Waals surface area contributed by atoms with E-state index in [0.717, 1.165) is 13.0 Å². The molecule has 3 nitrogen and oxygen atoms in total. The monoisotopic (exact) mass is 327 g/mol. The van der Waals surface area contributed by atoms with E-state index in [-0.39, 0.29) is 0 Å². The Bertz CT molecular complexity index is 397. The van der Waals surface area contributed by atoms with E-state index < -0.39 is 26.1 Å². The number of benzene rings is 1. The highest BCUT2D eigenvalue weighted by Gasteiger charge is 2.35. The second-order valence-corrected chi connectivity index (χ2v) is 16.4. The van der Waals surface area contributed by atoms with Crippen molar-refractivity contribution in [3.63, 3.8) is 0 Å². The molecule has 0 saturated carbocycles. The van der Waals surface area contributed by atoms with Crippen molar-refractivity contribution in [2.75, 3.05) is 6.54 Å². The van der Waals surface area contributed by atoms with Gasteiger partial charge in [0.05, 0.1) is 0 Å². The van der Waals surface area contributed by atoms with Crippen LogP contribution in [-0.4, -0.2) is 32.6 Å². The summed E-state index contributed by atoms with van der Waals surface area (Å²) in [5.74, 6) is 0. The molecule has 0 aliphatic rings. The van der Waals surface area contributed by atoms with Crippen LogP contribution in [0.15, 0.2) is 30.3 Å². The van der Waals surface area contributed by atoms with Crippen molar-refractivity contribution in [2.45, 2.75) is 45.7 Å². The minimum absolute atomic E-state index is 0.965. The van der Waals surface area contributed by atoms with Crippen LogP contribution >= 0.6 is 0 Å². The zero-order valence-corrected chi connectivity index (χ0v) is 16.8. The van der Waals surface area contributed by atoms with Crippen molar-refractivity contribution in [3.05, 3.63) is 35.9 Å². The van der Waals surface area contributed by atoms with E-state index in [9.17, 15) is 0 Å². The summed E-state index contributed by atoms with van der Waals surface area (Å²) in [6.07, 6.45) is 1.04. The van der Waals surface area contributed by atoms with Crippen LogP contribution in [-0.2, 0) is 14.7 Å². The molecule has 1 rings (SSSR count). The normalized spacial score (nSPS) is 12.9. The van der Waals surface area contributed by atoms with E-state index in [1.807, 2.05) is 0 Å². The van der Waals surface area contributed by atoms with Crippen LogP contribution in [0.3, 0.4) is 0 Å². The molecule has 114 valence electrons. The Hall–Kier alpha value is -0.249. The van der Waals surface area contributed by atoms with E-state index in [1.54, 1.807) is 0 Å². The lowest BCUT2D eigenvalue weighted by Crippen LogP contribution is -2.56. The van der Waals surface area contributed by atoms with Gasteiger partial charge in [-0.3, -0.25) is 0 Å². The van der Waals surface area contributed by atoms with Gasteiger partial charge in [-0.1, -0.05) is 30.3 Å². The number of rotatable bonds is 8. The Morgan fingerprint density at radius 3 is 2.20 bits per heavy atom. The maximum absolute atomic E-state index is 6.35. The SMILES string of the molecule is C[SiH](C)O[Si](C)(C)O[Si](C)(C)NCCc1ccccc1. The van der Waals surface area contributed by atoms with Crippen molar-refractivity contribution in [2.24, 2.45) is 0 Å². The van der Waals surface area contributed by atoms with Crippen LogP contribution < -0.4 is 4.98 Å². The molecule has 0 saturated heterocycles. The van der Waals surface area contributed by atoms with Crippen molar-refractivity contribution in [1.29, 1.82) is 0 Å². The Labute approximate surface area is 127 Å². The smallest absolute Gasteiger partial charge is 0.311 e. The highest BCUT2D eigenvalue weighted by atomic mass is 28.5. The van der Waals surface area contributed by atoms with Crippen molar-refractivity contribution in [1.82, 2.24) is 4.98 Å². The predicted octanol–water partition coefficient (Wildman–Crippen LogP) is 3.24. The fourth-order valence-electron chi connectivity index (χ4n) is 2.39. The van der Waals surface area contributed by atoms with Crippen LogP contribution in [0.1, 0.15) is 5.56 Å². The Morgan fingerprint density at radius 2 is 1.65 bits per heavy atom. The van der Waals surface area contributed by atoms with Crippen LogP contribution in [0.4, 0.5) is 0 Å². The van der Waals surface area contributed by atoms with Gasteiger partial charge in [-0.25, -0.2) is 0 Å². The molecule has 1 aromatic rings. The lowest BCUT2D eigenvalue weighted by molar-refractivity contribution is 0.393. The van der Waals surface area contributed by atoms with E-state index >= 15 is 0 Å². The third-order valence-electron chi connectivity index (χ3n) is 2.83. The molecule has 0 amide bonds. The molecule has 0 bridgehead atoms. The molecule has 0 aromatic heterocycles. The molecule has 0 radical (unpaired) electrons. The third-order valence-corrected chi connectivity index (χ3v) is 12.1. The van der Waals surface area contributed by atoms with Gasteiger partial charge in [0, 0.05) is 0 Å². The van der Waals surface area contributed by atoms with Gasteiger partial charge in [-0.15, -0.1) is 0 Å². The minimum atomic E-state index is -1.97. The fraction of sp³-hybridized carbons (Fsp3) is 0.571. The molecule has 20 heavy (non-hydrogen) atoms. The summed E-state index contributed by atoms with van der Waals surface area (Å²) >= 11 is 0. The summed E-state index contributed by atoms with van der Waals surface area (Å²) < 4.78 is 12.4. The molecular weight excluding hydrogens is 298 g/mol. The maximum atomic E-state index is 6.35. The van der Waals surface area contributed by atoms with Crippen LogP contribution in [0.2, 0.25) is 39.3 Å². The topological polar surface area (TPSA) is 30.5 Å². The second kappa shape index (κ2) is 7.67. The van der Waals surface area contributed by atoms with Crippen LogP contribution in [0.5, 0.6) is 0 Å². The van der Waals surface area contributed by atoms with Crippen molar-refractivity contribution in [3.8, 4) is 0 Å². The first kappa shape index (κ1) is 17.8. The standard InChI is InChI=1S/C14H29NO2Si3/c1-18(2)16-20(5,6)17-19(3,4)15-13-12-14-10-8-7-9-11-14/h7-11,15,18H,12-13H2,1-6H3. The number of hydrogen-bond donors (Lipinski definition) is 1. The zero-order chi connectivity index (χ0) is 15.2. The molecule has 0 unspecified atom stereocenters. The summed E-state index contributed by atoms with van der Waals surface area (Å²) in [6, 6.07) is 10.6. The van der Waals surface area contributed by atoms with Gasteiger partial charge in [0.2, 0.25) is 0 Å². The first-order valence-corrected chi connectivity index (χ1v) is 15.9. The molecule has 0 fully saturated rings. The number of nitrogens with one attached hydrogen (secondary N) is 1. The Kier molecular flexibility index (Phi) is 6.83. The third kappa shape index (κ3) is 7.51. The van der Waals surface area contributed by atoms with Crippen LogP contribution in [0, 0.1) is 0 Å². The summed E-state index contributed by atoms with van der Waals surface area (Å²) in [5.41, 5.74) is 1.37. The molecular formula is C14H29NO2Si3. The lowest BCUT2D eigenvalue weighted by atomic mass is 10.2. The van der Waals surface area contributed by atoms with E-state index in [0.29, 0.717) is 0 Å². The summed E-state index contributed by atoms with van der Waals surface area (Å²) in [7, 11) is -4.85. The molecule has 1 N–H and O–H groups in total. The van der Waals surface area contributed by atoms with Crippen molar-refractivity contribution < 1.29 is 8.23 Å². The zero-order valence-electron chi connectivity index (χ0n) is 13.7. The van der Waals surface area contributed by atoms with Gasteiger partial charge >= 0.3 is 8.56 Å². The first-order chi connectivity index (χ1) is 9.20. The van der Waals surface area contributed by atoms with Crippen molar-refractivity contribution >= 4 is 26.1 Å². The minimum Gasteiger partial charge on any atom is -0.440 e. The molecule has 0 aliphatic carbocycles. The van der Waals surface area contributed by atoms with Gasteiger partial charge < -0.3 is 13.2 Å². The predicted molar refractivity (Wildman–Crippen MR) is 94.2 cm³/mol. The average Bonchev–Trinajstić information content (AvgIpc) is 2.26. The Balaban J connectivity index is 2.41. The van der Waals surface area contributed by atoms with Gasteiger partial charge in [-0.2, -0.15) is 0 Å². The quantitative estimate of drug-likeness (QED) is 0.744. The van der Waals surface area contributed by atoms with Gasteiger partial charge in [0.25, 0.3) is 8.48 Å². The summed E-state index contributed by atoms with van der Waals surface area (Å²) in [4.78, 5) is 3.62. The molecule has 0 heterocycles. The van der Waals surface area contributed by atoms with E-state index in [4.69, 9.17) is 8.23 Å². The van der Waals surface area contributed by atoms with Gasteiger partial charge in [0.15, 0.2) is 9.04 Å². The fourth-order valence-corrected chi connectivity index (χ4v) is 13.5. The highest BCUT2D eigenvalue weighted by molar-refractivity contribution is 6.83. The van der Waals surface area contributed by atoms with Gasteiger partial charge in [-0.05, 0) is 57.8 Å². The molecule has 1 aromatic carbocycles. The molecule has 0 atom stereocenters. The number of hydrogen-bond acceptors (Lipinski definition) is 3. The average molecular weight is 328 g/mol. The largest absolute Gasteiger partial charge is 0.440 e. The second-order valence-electron chi connectivity index (χ2n) is 6.34.